The zero-order valence-electron chi connectivity index (χ0n) is 17.8. The Labute approximate surface area is 171 Å². The highest BCUT2D eigenvalue weighted by Crippen LogP contribution is 2.40. The third kappa shape index (κ3) is 7.28. The Morgan fingerprint density at radius 3 is 1.89 bits per heavy atom. The van der Waals surface area contributed by atoms with E-state index in [1.165, 1.54) is 0 Å². The Morgan fingerprint density at radius 1 is 0.750 bits per heavy atom. The second-order valence-electron chi connectivity index (χ2n) is 7.81. The smallest absolute Gasteiger partial charge is 0.368 e. The van der Waals surface area contributed by atoms with Crippen molar-refractivity contribution in [2.75, 3.05) is 72.0 Å². The molecule has 0 aliphatic carbocycles. The lowest BCUT2D eigenvalue weighted by Crippen LogP contribution is -2.45. The summed E-state index contributed by atoms with van der Waals surface area (Å²) in [6.07, 6.45) is 1.45. The number of nitrogens with two attached hydrogens (primary N) is 3. The summed E-state index contributed by atoms with van der Waals surface area (Å²) >= 11 is 0. The van der Waals surface area contributed by atoms with E-state index in [4.69, 9.17) is 30.5 Å². The van der Waals surface area contributed by atoms with Crippen molar-refractivity contribution < 1.29 is 13.3 Å². The van der Waals surface area contributed by atoms with Crippen LogP contribution in [0.2, 0.25) is 6.04 Å². The van der Waals surface area contributed by atoms with Gasteiger partial charge in [-0.2, -0.15) is 0 Å². The van der Waals surface area contributed by atoms with Crippen molar-refractivity contribution in [3.8, 4) is 0 Å². The fraction of sp³-hybridized carbons (Fsp3) is 1.00. The van der Waals surface area contributed by atoms with Gasteiger partial charge in [0, 0.05) is 71.5 Å². The SMILES string of the molecule is CC1O[Si]2(CCCN(CCNCCN)CCN(CCN)CCN)OC(C)C1O2. The lowest BCUT2D eigenvalue weighted by Gasteiger charge is -2.29. The quantitative estimate of drug-likeness (QED) is 0.177. The Kier molecular flexibility index (Phi) is 10.8. The second-order valence-corrected chi connectivity index (χ2v) is 10.4. The van der Waals surface area contributed by atoms with E-state index < -0.39 is 8.80 Å². The molecule has 2 rings (SSSR count). The minimum atomic E-state index is -2.44. The van der Waals surface area contributed by atoms with Gasteiger partial charge in [-0.1, -0.05) is 0 Å². The molecule has 0 radical (unpaired) electrons. The molecule has 2 heterocycles. The first-order chi connectivity index (χ1) is 13.5. The topological polar surface area (TPSA) is 124 Å². The highest BCUT2D eigenvalue weighted by Gasteiger charge is 2.60. The van der Waals surface area contributed by atoms with Crippen LogP contribution in [-0.4, -0.2) is 109 Å². The molecule has 0 amide bonds. The number of nitrogens with zero attached hydrogens (tertiary/aromatic N) is 2. The predicted octanol–water partition coefficient (Wildman–Crippen LogP) is -1.39. The molecule has 166 valence electrons. The Morgan fingerprint density at radius 2 is 1.36 bits per heavy atom. The van der Waals surface area contributed by atoms with Gasteiger partial charge in [0.25, 0.3) is 0 Å². The van der Waals surface area contributed by atoms with Gasteiger partial charge in [0.2, 0.25) is 0 Å². The lowest BCUT2D eigenvalue weighted by molar-refractivity contribution is 0.0403. The number of rotatable bonds is 16. The van der Waals surface area contributed by atoms with Gasteiger partial charge in [0.15, 0.2) is 0 Å². The van der Waals surface area contributed by atoms with Gasteiger partial charge >= 0.3 is 8.80 Å². The monoisotopic (exact) mass is 418 g/mol. The molecule has 10 heteroatoms. The molecule has 0 aromatic heterocycles. The molecule has 9 nitrogen and oxygen atoms in total. The molecule has 28 heavy (non-hydrogen) atoms. The van der Waals surface area contributed by atoms with Crippen LogP contribution in [0.5, 0.6) is 0 Å². The van der Waals surface area contributed by atoms with E-state index in [-0.39, 0.29) is 18.3 Å². The molecule has 0 aromatic rings. The van der Waals surface area contributed by atoms with E-state index in [2.05, 4.69) is 29.0 Å². The normalized spacial score (nSPS) is 29.5. The van der Waals surface area contributed by atoms with Crippen molar-refractivity contribution in [1.82, 2.24) is 15.1 Å². The summed E-state index contributed by atoms with van der Waals surface area (Å²) < 4.78 is 18.3. The molecule has 0 saturated carbocycles. The summed E-state index contributed by atoms with van der Waals surface area (Å²) in [7, 11) is -2.44. The van der Waals surface area contributed by atoms with Crippen LogP contribution in [0.15, 0.2) is 0 Å². The standard InChI is InChI=1S/C18H42N6O3Si/c1-16-18-17(2)26-28(25-16,27-18)15-3-9-23(12-8-22-7-4-19)13-14-24(10-5-20)11-6-21/h16-18,22H,3-15,19-21H2,1-2H3. The molecule has 7 N–H and O–H groups in total. The van der Waals surface area contributed by atoms with Gasteiger partial charge < -0.3 is 40.7 Å². The number of hydrogen-bond donors (Lipinski definition) is 4. The summed E-state index contributed by atoms with van der Waals surface area (Å²) in [4.78, 5) is 4.83. The first-order valence-electron chi connectivity index (χ1n) is 10.8. The van der Waals surface area contributed by atoms with E-state index in [0.29, 0.717) is 19.6 Å². The fourth-order valence-electron chi connectivity index (χ4n) is 4.04. The highest BCUT2D eigenvalue weighted by molar-refractivity contribution is 6.62. The van der Waals surface area contributed by atoms with E-state index >= 15 is 0 Å². The molecule has 2 atom stereocenters. The van der Waals surface area contributed by atoms with Crippen molar-refractivity contribution >= 4 is 8.80 Å². The first kappa shape index (κ1) is 24.1. The molecule has 0 spiro atoms. The molecular weight excluding hydrogens is 376 g/mol. The number of hydrogen-bond acceptors (Lipinski definition) is 9. The molecule has 2 bridgehead atoms. The van der Waals surface area contributed by atoms with E-state index in [1.54, 1.807) is 0 Å². The van der Waals surface area contributed by atoms with Crippen LogP contribution in [0.25, 0.3) is 0 Å². The number of nitrogens with one attached hydrogen (secondary N) is 1. The van der Waals surface area contributed by atoms with Crippen molar-refractivity contribution in [1.29, 1.82) is 0 Å². The lowest BCUT2D eigenvalue weighted by atomic mass is 10.1. The third-order valence-corrected chi connectivity index (χ3v) is 8.54. The molecule has 0 aromatic carbocycles. The van der Waals surface area contributed by atoms with Crippen LogP contribution in [0.4, 0.5) is 0 Å². The highest BCUT2D eigenvalue weighted by atomic mass is 28.4. The zero-order valence-corrected chi connectivity index (χ0v) is 18.8. The van der Waals surface area contributed by atoms with Crippen LogP contribution >= 0.6 is 0 Å². The maximum Gasteiger partial charge on any atom is 0.502 e. The molecule has 2 fully saturated rings. The van der Waals surface area contributed by atoms with E-state index in [0.717, 1.165) is 64.8 Å². The summed E-state index contributed by atoms with van der Waals surface area (Å²) in [5.74, 6) is 0. The summed E-state index contributed by atoms with van der Waals surface area (Å²) in [6.45, 7) is 13.7. The zero-order chi connectivity index (χ0) is 20.4. The average Bonchev–Trinajstić information content (AvgIpc) is 3.15. The van der Waals surface area contributed by atoms with E-state index in [1.807, 2.05) is 0 Å². The number of fused-ring (bicyclic) bond motifs is 2. The van der Waals surface area contributed by atoms with Crippen molar-refractivity contribution in [3.63, 3.8) is 0 Å². The van der Waals surface area contributed by atoms with Crippen molar-refractivity contribution in [3.05, 3.63) is 0 Å². The summed E-state index contributed by atoms with van der Waals surface area (Å²) in [6, 6.07) is 0.889. The summed E-state index contributed by atoms with van der Waals surface area (Å²) in [5.41, 5.74) is 17.0. The van der Waals surface area contributed by atoms with Crippen LogP contribution < -0.4 is 22.5 Å². The van der Waals surface area contributed by atoms with Gasteiger partial charge in [0.1, 0.15) is 0 Å². The van der Waals surface area contributed by atoms with Gasteiger partial charge in [-0.3, -0.25) is 4.90 Å². The Balaban J connectivity index is 1.78. The maximum absolute atomic E-state index is 6.16. The fourth-order valence-corrected chi connectivity index (χ4v) is 7.35. The minimum absolute atomic E-state index is 0.115. The summed E-state index contributed by atoms with van der Waals surface area (Å²) in [5, 5.41) is 3.39. The molecule has 2 aliphatic heterocycles. The van der Waals surface area contributed by atoms with Crippen molar-refractivity contribution in [2.45, 2.75) is 44.6 Å². The predicted molar refractivity (Wildman–Crippen MR) is 114 cm³/mol. The molecule has 2 saturated heterocycles. The average molecular weight is 419 g/mol. The molecule has 2 aliphatic rings. The molecular formula is C18H42N6O3Si. The third-order valence-electron chi connectivity index (χ3n) is 5.48. The Bertz CT molecular complexity index is 418. The van der Waals surface area contributed by atoms with Gasteiger partial charge in [0.05, 0.1) is 18.3 Å². The molecule has 2 unspecified atom stereocenters. The van der Waals surface area contributed by atoms with E-state index in [9.17, 15) is 0 Å². The van der Waals surface area contributed by atoms with Crippen LogP contribution in [0, 0.1) is 0 Å². The Hall–Kier alpha value is -0.143. The van der Waals surface area contributed by atoms with Gasteiger partial charge in [-0.15, -0.1) is 0 Å². The largest absolute Gasteiger partial charge is 0.502 e. The van der Waals surface area contributed by atoms with Gasteiger partial charge in [-0.05, 0) is 26.8 Å². The first-order valence-corrected chi connectivity index (χ1v) is 12.8. The van der Waals surface area contributed by atoms with Crippen molar-refractivity contribution in [2.24, 2.45) is 17.2 Å². The van der Waals surface area contributed by atoms with Gasteiger partial charge in [-0.25, -0.2) is 0 Å². The second kappa shape index (κ2) is 12.5. The van der Waals surface area contributed by atoms with Crippen LogP contribution in [-0.2, 0) is 13.3 Å². The van der Waals surface area contributed by atoms with Crippen LogP contribution in [0.3, 0.4) is 0 Å². The minimum Gasteiger partial charge on any atom is -0.368 e. The maximum atomic E-state index is 6.16. The van der Waals surface area contributed by atoms with Crippen LogP contribution in [0.1, 0.15) is 20.3 Å².